The second kappa shape index (κ2) is 4.78. The number of hydrogen-bond donors (Lipinski definition) is 1. The van der Waals surface area contributed by atoms with Gasteiger partial charge in [-0.2, -0.15) is 0 Å². The van der Waals surface area contributed by atoms with E-state index in [4.69, 9.17) is 10.5 Å². The molecule has 0 aromatic heterocycles. The van der Waals surface area contributed by atoms with Crippen LogP contribution in [0.4, 0.5) is 4.39 Å². The summed E-state index contributed by atoms with van der Waals surface area (Å²) in [5.74, 6) is 0.762. The summed E-state index contributed by atoms with van der Waals surface area (Å²) in [4.78, 5) is 0. The van der Waals surface area contributed by atoms with Crippen LogP contribution >= 0.6 is 0 Å². The minimum Gasteiger partial charge on any atom is -0.490 e. The average Bonchev–Trinajstić information content (AvgIpc) is 3.10. The van der Waals surface area contributed by atoms with Crippen molar-refractivity contribution in [3.05, 3.63) is 29.6 Å². The normalized spacial score (nSPS) is 22.7. The highest BCUT2D eigenvalue weighted by Crippen LogP contribution is 2.50. The maximum absolute atomic E-state index is 14.1. The van der Waals surface area contributed by atoms with E-state index in [1.165, 1.54) is 19.3 Å². The number of ether oxygens (including phenoxy) is 1. The Hall–Kier alpha value is -1.09. The molecule has 2 fully saturated rings. The van der Waals surface area contributed by atoms with E-state index in [2.05, 4.69) is 0 Å². The maximum atomic E-state index is 14.1. The van der Waals surface area contributed by atoms with E-state index in [1.807, 2.05) is 13.0 Å². The molecular formula is C16H22FNO. The third-order valence-electron chi connectivity index (χ3n) is 4.87. The van der Waals surface area contributed by atoms with E-state index < -0.39 is 0 Å². The minimum absolute atomic E-state index is 0.00728. The first-order valence-corrected chi connectivity index (χ1v) is 7.30. The predicted molar refractivity (Wildman–Crippen MR) is 73.8 cm³/mol. The van der Waals surface area contributed by atoms with E-state index in [1.54, 1.807) is 12.1 Å². The van der Waals surface area contributed by atoms with Crippen LogP contribution < -0.4 is 10.5 Å². The fraction of sp³-hybridized carbons (Fsp3) is 0.625. The smallest absolute Gasteiger partial charge is 0.165 e. The molecule has 0 saturated heterocycles. The highest BCUT2D eigenvalue weighted by molar-refractivity contribution is 5.38. The first kappa shape index (κ1) is 12.9. The number of rotatable bonds is 5. The molecule has 3 heteroatoms. The fourth-order valence-electron chi connectivity index (χ4n) is 2.94. The lowest BCUT2D eigenvalue weighted by Crippen LogP contribution is -2.31. The number of hydrogen-bond acceptors (Lipinski definition) is 2. The van der Waals surface area contributed by atoms with Crippen molar-refractivity contribution in [2.75, 3.05) is 6.61 Å². The van der Waals surface area contributed by atoms with Gasteiger partial charge in [-0.15, -0.1) is 0 Å². The van der Waals surface area contributed by atoms with Gasteiger partial charge in [0.1, 0.15) is 0 Å². The Bertz CT molecular complexity index is 464. The molecule has 3 rings (SSSR count). The zero-order valence-corrected chi connectivity index (χ0v) is 11.5. The molecule has 1 unspecified atom stereocenters. The maximum Gasteiger partial charge on any atom is 0.165 e. The van der Waals surface area contributed by atoms with E-state index >= 15 is 0 Å². The Morgan fingerprint density at radius 3 is 2.63 bits per heavy atom. The summed E-state index contributed by atoms with van der Waals surface area (Å²) in [5, 5.41) is 0. The van der Waals surface area contributed by atoms with Crippen LogP contribution in [0.1, 0.15) is 44.6 Å². The topological polar surface area (TPSA) is 35.2 Å². The van der Waals surface area contributed by atoms with Gasteiger partial charge in [0.05, 0.1) is 6.61 Å². The quantitative estimate of drug-likeness (QED) is 0.884. The third kappa shape index (κ3) is 2.36. The molecule has 0 heterocycles. The summed E-state index contributed by atoms with van der Waals surface area (Å²) in [6.07, 6.45) is 5.84. The molecule has 2 nitrogen and oxygen atoms in total. The molecule has 0 bridgehead atoms. The monoisotopic (exact) mass is 263 g/mol. The molecule has 104 valence electrons. The molecule has 0 radical (unpaired) electrons. The number of nitrogens with two attached hydrogens (primary N) is 1. The average molecular weight is 263 g/mol. The zero-order chi connectivity index (χ0) is 13.5. The van der Waals surface area contributed by atoms with E-state index in [0.717, 1.165) is 18.4 Å². The highest BCUT2D eigenvalue weighted by atomic mass is 19.1. The summed E-state index contributed by atoms with van der Waals surface area (Å²) < 4.78 is 19.7. The number of halogens is 1. The Kier molecular flexibility index (Phi) is 3.25. The van der Waals surface area contributed by atoms with Crippen molar-refractivity contribution in [2.45, 2.75) is 50.5 Å². The van der Waals surface area contributed by atoms with Crippen molar-refractivity contribution in [1.82, 2.24) is 0 Å². The van der Waals surface area contributed by atoms with Crippen LogP contribution in [0.5, 0.6) is 5.75 Å². The summed E-state index contributed by atoms with van der Waals surface area (Å²) in [6.45, 7) is 2.65. The summed E-state index contributed by atoms with van der Waals surface area (Å²) >= 11 is 0. The minimum atomic E-state index is -0.247. The lowest BCUT2D eigenvalue weighted by Gasteiger charge is -2.25. The molecule has 2 aliphatic carbocycles. The summed E-state index contributed by atoms with van der Waals surface area (Å²) in [5.41, 5.74) is 7.05. The SMILES string of the molecule is CC(N)C1(c2ccc(OCC3CCC3)c(F)c2)CC1. The molecule has 19 heavy (non-hydrogen) atoms. The molecule has 2 saturated carbocycles. The van der Waals surface area contributed by atoms with E-state index in [9.17, 15) is 4.39 Å². The molecule has 1 atom stereocenters. The van der Waals surface area contributed by atoms with Gasteiger partial charge in [-0.05, 0) is 56.2 Å². The standard InChI is InChI=1S/C16H22FNO/c1-11(18)16(7-8-16)13-5-6-15(14(17)9-13)19-10-12-3-2-4-12/h5-6,9,11-12H,2-4,7-8,10,18H2,1H3. The van der Waals surface area contributed by atoms with Gasteiger partial charge >= 0.3 is 0 Å². The van der Waals surface area contributed by atoms with Gasteiger partial charge in [-0.1, -0.05) is 12.5 Å². The van der Waals surface area contributed by atoms with Gasteiger partial charge in [0.15, 0.2) is 11.6 Å². The summed E-state index contributed by atoms with van der Waals surface area (Å²) in [7, 11) is 0. The van der Waals surface area contributed by atoms with Crippen molar-refractivity contribution in [3.8, 4) is 5.75 Å². The largest absolute Gasteiger partial charge is 0.490 e. The number of benzene rings is 1. The van der Waals surface area contributed by atoms with Crippen molar-refractivity contribution in [3.63, 3.8) is 0 Å². The molecule has 0 amide bonds. The Balaban J connectivity index is 1.70. The van der Waals surface area contributed by atoms with Gasteiger partial charge in [0.2, 0.25) is 0 Å². The second-order valence-corrected chi connectivity index (χ2v) is 6.20. The van der Waals surface area contributed by atoms with Gasteiger partial charge in [-0.3, -0.25) is 0 Å². The van der Waals surface area contributed by atoms with Crippen LogP contribution in [0.2, 0.25) is 0 Å². The lowest BCUT2D eigenvalue weighted by atomic mass is 9.86. The highest BCUT2D eigenvalue weighted by Gasteiger charge is 2.47. The molecule has 2 N–H and O–H groups in total. The molecule has 0 aliphatic heterocycles. The predicted octanol–water partition coefficient (Wildman–Crippen LogP) is 3.38. The van der Waals surface area contributed by atoms with Crippen LogP contribution in [-0.4, -0.2) is 12.6 Å². The molecular weight excluding hydrogens is 241 g/mol. The first-order chi connectivity index (χ1) is 9.12. The van der Waals surface area contributed by atoms with Crippen LogP contribution in [0.15, 0.2) is 18.2 Å². The Labute approximate surface area is 114 Å². The molecule has 1 aromatic carbocycles. The van der Waals surface area contributed by atoms with Crippen LogP contribution in [-0.2, 0) is 5.41 Å². The fourth-order valence-corrected chi connectivity index (χ4v) is 2.94. The van der Waals surface area contributed by atoms with Crippen molar-refractivity contribution >= 4 is 0 Å². The van der Waals surface area contributed by atoms with Gasteiger partial charge in [-0.25, -0.2) is 4.39 Å². The Morgan fingerprint density at radius 1 is 1.42 bits per heavy atom. The van der Waals surface area contributed by atoms with Gasteiger partial charge < -0.3 is 10.5 Å². The molecule has 0 spiro atoms. The van der Waals surface area contributed by atoms with Crippen LogP contribution in [0.3, 0.4) is 0 Å². The molecule has 2 aliphatic rings. The summed E-state index contributed by atoms with van der Waals surface area (Å²) in [6, 6.07) is 5.45. The van der Waals surface area contributed by atoms with Crippen LogP contribution in [0.25, 0.3) is 0 Å². The lowest BCUT2D eigenvalue weighted by molar-refractivity contribution is 0.175. The van der Waals surface area contributed by atoms with Gasteiger partial charge in [0, 0.05) is 11.5 Å². The van der Waals surface area contributed by atoms with E-state index in [-0.39, 0.29) is 17.3 Å². The van der Waals surface area contributed by atoms with Crippen molar-refractivity contribution < 1.29 is 9.13 Å². The van der Waals surface area contributed by atoms with Crippen LogP contribution in [0, 0.1) is 11.7 Å². The van der Waals surface area contributed by atoms with Crippen molar-refractivity contribution in [1.29, 1.82) is 0 Å². The Morgan fingerprint density at radius 2 is 2.16 bits per heavy atom. The second-order valence-electron chi connectivity index (χ2n) is 6.20. The zero-order valence-electron chi connectivity index (χ0n) is 11.5. The van der Waals surface area contributed by atoms with Crippen molar-refractivity contribution in [2.24, 2.45) is 11.7 Å². The first-order valence-electron chi connectivity index (χ1n) is 7.30. The third-order valence-corrected chi connectivity index (χ3v) is 4.87. The molecule has 1 aromatic rings. The van der Waals surface area contributed by atoms with Gasteiger partial charge in [0.25, 0.3) is 0 Å². The van der Waals surface area contributed by atoms with E-state index in [0.29, 0.717) is 18.3 Å².